The molecule has 1 heterocycles. The van der Waals surface area contributed by atoms with E-state index < -0.39 is 0 Å². The fraction of sp³-hybridized carbons (Fsp3) is 0.350. The van der Waals surface area contributed by atoms with E-state index in [2.05, 4.69) is 32.9 Å². The second-order valence-corrected chi connectivity index (χ2v) is 7.86. The number of carbonyl (C=O) groups is 1. The Kier molecular flexibility index (Phi) is 4.52. The SMILES string of the molecule is CC(C)(C)c1ccc(C2CN(O)CC2=O)c(-c2ccc(Cl)cc2)c1. The minimum absolute atomic E-state index is 0.0163. The number of hydroxylamine groups is 2. The van der Waals surface area contributed by atoms with E-state index in [9.17, 15) is 10.0 Å². The first-order valence-electron chi connectivity index (χ1n) is 8.12. The number of benzene rings is 2. The van der Waals surface area contributed by atoms with Gasteiger partial charge in [0.15, 0.2) is 5.78 Å². The highest BCUT2D eigenvalue weighted by Crippen LogP contribution is 2.36. The van der Waals surface area contributed by atoms with Gasteiger partial charge >= 0.3 is 0 Å². The van der Waals surface area contributed by atoms with E-state index in [1.165, 1.54) is 5.56 Å². The van der Waals surface area contributed by atoms with Crippen LogP contribution in [-0.4, -0.2) is 29.1 Å². The van der Waals surface area contributed by atoms with Crippen molar-refractivity contribution in [1.82, 2.24) is 5.06 Å². The lowest BCUT2D eigenvalue weighted by molar-refractivity contribution is -0.122. The normalized spacial score (nSPS) is 19.0. The highest BCUT2D eigenvalue weighted by molar-refractivity contribution is 6.30. The van der Waals surface area contributed by atoms with Crippen molar-refractivity contribution in [2.45, 2.75) is 32.1 Å². The Morgan fingerprint density at radius 3 is 2.33 bits per heavy atom. The second-order valence-electron chi connectivity index (χ2n) is 7.42. The van der Waals surface area contributed by atoms with Crippen molar-refractivity contribution in [3.05, 3.63) is 58.6 Å². The monoisotopic (exact) mass is 343 g/mol. The topological polar surface area (TPSA) is 40.5 Å². The first-order valence-corrected chi connectivity index (χ1v) is 8.50. The van der Waals surface area contributed by atoms with Crippen LogP contribution >= 0.6 is 11.6 Å². The van der Waals surface area contributed by atoms with Gasteiger partial charge in [-0.15, -0.1) is 0 Å². The summed E-state index contributed by atoms with van der Waals surface area (Å²) < 4.78 is 0. The molecule has 2 aromatic rings. The van der Waals surface area contributed by atoms with E-state index in [1.54, 1.807) is 0 Å². The van der Waals surface area contributed by atoms with Crippen LogP contribution in [0.25, 0.3) is 11.1 Å². The average Bonchev–Trinajstić information content (AvgIpc) is 2.85. The first kappa shape index (κ1) is 17.2. The van der Waals surface area contributed by atoms with Gasteiger partial charge in [-0.3, -0.25) is 4.79 Å². The summed E-state index contributed by atoms with van der Waals surface area (Å²) in [6.45, 7) is 6.94. The van der Waals surface area contributed by atoms with Gasteiger partial charge in [0.1, 0.15) is 0 Å². The molecule has 0 saturated carbocycles. The molecule has 0 aromatic heterocycles. The van der Waals surface area contributed by atoms with Crippen LogP contribution in [-0.2, 0) is 10.2 Å². The summed E-state index contributed by atoms with van der Waals surface area (Å²) >= 11 is 6.02. The van der Waals surface area contributed by atoms with Crippen LogP contribution in [0.2, 0.25) is 5.02 Å². The number of rotatable bonds is 2. The van der Waals surface area contributed by atoms with Gasteiger partial charge < -0.3 is 5.21 Å². The van der Waals surface area contributed by atoms with E-state index in [1.807, 2.05) is 30.3 Å². The van der Waals surface area contributed by atoms with Crippen LogP contribution in [0.3, 0.4) is 0 Å². The van der Waals surface area contributed by atoms with Gasteiger partial charge in [-0.1, -0.05) is 62.7 Å². The molecule has 1 fully saturated rings. The predicted molar refractivity (Wildman–Crippen MR) is 96.7 cm³/mol. The number of carbonyl (C=O) groups excluding carboxylic acids is 1. The summed E-state index contributed by atoms with van der Waals surface area (Å²) in [5.41, 5.74) is 4.26. The maximum atomic E-state index is 12.3. The molecule has 1 aliphatic heterocycles. The molecule has 1 N–H and O–H groups in total. The fourth-order valence-electron chi connectivity index (χ4n) is 3.15. The standard InChI is InChI=1S/C20H22ClNO2/c1-20(2,3)14-6-9-16(18-11-22(24)12-19(18)23)17(10-14)13-4-7-15(21)8-5-13/h4-10,18,24H,11-12H2,1-3H3. The van der Waals surface area contributed by atoms with Gasteiger partial charge in [-0.05, 0) is 39.8 Å². The summed E-state index contributed by atoms with van der Waals surface area (Å²) in [4.78, 5) is 12.3. The molecule has 0 spiro atoms. The van der Waals surface area contributed by atoms with Crippen LogP contribution in [0.5, 0.6) is 0 Å². The molecule has 0 amide bonds. The number of Topliss-reactive ketones (excluding diaryl/α,β-unsaturated/α-hetero) is 1. The molecule has 0 bridgehead atoms. The molecule has 3 rings (SSSR count). The van der Waals surface area contributed by atoms with Crippen LogP contribution in [0, 0.1) is 0 Å². The van der Waals surface area contributed by atoms with Crippen molar-refractivity contribution in [2.75, 3.05) is 13.1 Å². The van der Waals surface area contributed by atoms with Crippen molar-refractivity contribution in [2.24, 2.45) is 0 Å². The molecular formula is C20H22ClNO2. The second kappa shape index (κ2) is 6.32. The number of halogens is 1. The Morgan fingerprint density at radius 1 is 1.12 bits per heavy atom. The first-order chi connectivity index (χ1) is 11.3. The third-order valence-corrected chi connectivity index (χ3v) is 4.82. The maximum absolute atomic E-state index is 12.3. The summed E-state index contributed by atoms with van der Waals surface area (Å²) in [5.74, 6) is -0.245. The zero-order chi connectivity index (χ0) is 17.5. The average molecular weight is 344 g/mol. The molecule has 24 heavy (non-hydrogen) atoms. The number of hydrogen-bond acceptors (Lipinski definition) is 3. The summed E-state index contributed by atoms with van der Waals surface area (Å²) in [6.07, 6.45) is 0. The zero-order valence-electron chi connectivity index (χ0n) is 14.2. The highest BCUT2D eigenvalue weighted by atomic mass is 35.5. The van der Waals surface area contributed by atoms with E-state index in [-0.39, 0.29) is 23.7 Å². The van der Waals surface area contributed by atoms with Gasteiger partial charge in [-0.25, -0.2) is 0 Å². The third kappa shape index (κ3) is 3.39. The number of ketones is 1. The minimum atomic E-state index is -0.297. The van der Waals surface area contributed by atoms with Crippen LogP contribution in [0.1, 0.15) is 37.8 Å². The lowest BCUT2D eigenvalue weighted by Crippen LogP contribution is -2.15. The zero-order valence-corrected chi connectivity index (χ0v) is 15.0. The molecule has 0 aliphatic carbocycles. The molecule has 4 heteroatoms. The summed E-state index contributed by atoms with van der Waals surface area (Å²) in [5, 5.41) is 11.5. The van der Waals surface area contributed by atoms with Gasteiger partial charge in [0.05, 0.1) is 12.5 Å². The van der Waals surface area contributed by atoms with E-state index in [4.69, 9.17) is 11.6 Å². The molecule has 2 aromatic carbocycles. The summed E-state index contributed by atoms with van der Waals surface area (Å²) in [7, 11) is 0. The number of hydrogen-bond donors (Lipinski definition) is 1. The maximum Gasteiger partial charge on any atom is 0.158 e. The van der Waals surface area contributed by atoms with Crippen LogP contribution in [0.4, 0.5) is 0 Å². The Morgan fingerprint density at radius 2 is 1.79 bits per heavy atom. The molecule has 1 aliphatic rings. The Bertz CT molecular complexity index is 762. The number of nitrogens with zero attached hydrogens (tertiary/aromatic N) is 1. The molecular weight excluding hydrogens is 322 g/mol. The van der Waals surface area contributed by atoms with Gasteiger partial charge in [0.25, 0.3) is 0 Å². The largest absolute Gasteiger partial charge is 0.314 e. The highest BCUT2D eigenvalue weighted by Gasteiger charge is 2.33. The smallest absolute Gasteiger partial charge is 0.158 e. The van der Waals surface area contributed by atoms with Gasteiger partial charge in [0.2, 0.25) is 0 Å². The van der Waals surface area contributed by atoms with Crippen molar-refractivity contribution >= 4 is 17.4 Å². The summed E-state index contributed by atoms with van der Waals surface area (Å²) in [6, 6.07) is 14.0. The molecule has 126 valence electrons. The van der Waals surface area contributed by atoms with E-state index >= 15 is 0 Å². The van der Waals surface area contributed by atoms with E-state index in [0.717, 1.165) is 21.8 Å². The molecule has 1 saturated heterocycles. The fourth-order valence-corrected chi connectivity index (χ4v) is 3.27. The van der Waals surface area contributed by atoms with Gasteiger partial charge in [-0.2, -0.15) is 5.06 Å². The Hall–Kier alpha value is -1.68. The van der Waals surface area contributed by atoms with Crippen molar-refractivity contribution in [1.29, 1.82) is 0 Å². The molecule has 0 radical (unpaired) electrons. The molecule has 1 atom stereocenters. The third-order valence-electron chi connectivity index (χ3n) is 4.57. The van der Waals surface area contributed by atoms with Crippen LogP contribution in [0.15, 0.2) is 42.5 Å². The Balaban J connectivity index is 2.14. The van der Waals surface area contributed by atoms with Crippen molar-refractivity contribution < 1.29 is 10.0 Å². The minimum Gasteiger partial charge on any atom is -0.314 e. The van der Waals surface area contributed by atoms with E-state index in [0.29, 0.717) is 11.6 Å². The quantitative estimate of drug-likeness (QED) is 0.862. The van der Waals surface area contributed by atoms with Crippen molar-refractivity contribution in [3.8, 4) is 11.1 Å². The predicted octanol–water partition coefficient (Wildman–Crippen LogP) is 4.66. The molecule has 1 unspecified atom stereocenters. The van der Waals surface area contributed by atoms with Crippen molar-refractivity contribution in [3.63, 3.8) is 0 Å². The van der Waals surface area contributed by atoms with Crippen LogP contribution < -0.4 is 0 Å². The molecule has 3 nitrogen and oxygen atoms in total. The lowest BCUT2D eigenvalue weighted by Gasteiger charge is -2.23. The Labute approximate surface area is 147 Å². The van der Waals surface area contributed by atoms with Gasteiger partial charge in [0, 0.05) is 11.6 Å². The lowest BCUT2D eigenvalue weighted by atomic mass is 9.81.